The molecule has 0 saturated carbocycles. The number of nitrogens with zero attached hydrogens (tertiary/aromatic N) is 1. The van der Waals surface area contributed by atoms with E-state index in [9.17, 15) is 5.11 Å². The Hall–Kier alpha value is -2.86. The molecule has 0 bridgehead atoms. The first kappa shape index (κ1) is 23.9. The molecule has 0 aromatic heterocycles. The number of aromatic hydroxyl groups is 1. The van der Waals surface area contributed by atoms with E-state index >= 15 is 0 Å². The summed E-state index contributed by atoms with van der Waals surface area (Å²) in [5.41, 5.74) is 6.52. The van der Waals surface area contributed by atoms with Crippen molar-refractivity contribution in [3.05, 3.63) is 95.1 Å². The third kappa shape index (κ3) is 5.22. The highest BCUT2D eigenvalue weighted by Gasteiger charge is 2.32. The van der Waals surface area contributed by atoms with Gasteiger partial charge in [0.15, 0.2) is 6.29 Å². The lowest BCUT2D eigenvalue weighted by Gasteiger charge is -2.35. The minimum atomic E-state index is -0.318. The topological polar surface area (TPSA) is 51.2 Å². The molecule has 0 radical (unpaired) electrons. The van der Waals surface area contributed by atoms with E-state index in [1.807, 2.05) is 12.1 Å². The predicted octanol–water partition coefficient (Wildman–Crippen LogP) is 5.47. The van der Waals surface area contributed by atoms with Crippen LogP contribution in [0.4, 0.5) is 5.69 Å². The Balaban J connectivity index is 1.35. The van der Waals surface area contributed by atoms with Gasteiger partial charge in [0, 0.05) is 38.9 Å². The minimum absolute atomic E-state index is 0.183. The fraction of sp³-hybridized carbons (Fsp3) is 0.400. The first-order chi connectivity index (χ1) is 17.2. The molecule has 184 valence electrons. The molecule has 0 spiro atoms. The quantitative estimate of drug-likeness (QED) is 0.440. The van der Waals surface area contributed by atoms with E-state index in [1.54, 1.807) is 14.2 Å². The maximum absolute atomic E-state index is 10.1. The molecule has 1 N–H and O–H groups in total. The summed E-state index contributed by atoms with van der Waals surface area (Å²) < 4.78 is 16.5. The first-order valence-electron chi connectivity index (χ1n) is 12.5. The number of methoxy groups -OCH3 is 2. The molecular formula is C30H35NO4. The molecule has 3 aromatic carbocycles. The number of fused-ring (bicyclic) bond motifs is 1. The monoisotopic (exact) mass is 473 g/mol. The van der Waals surface area contributed by atoms with Gasteiger partial charge in [-0.25, -0.2) is 0 Å². The number of benzene rings is 3. The predicted molar refractivity (Wildman–Crippen MR) is 138 cm³/mol. The average molecular weight is 474 g/mol. The Morgan fingerprint density at radius 2 is 1.69 bits per heavy atom. The molecule has 5 heteroatoms. The highest BCUT2D eigenvalue weighted by atomic mass is 16.7. The van der Waals surface area contributed by atoms with Crippen molar-refractivity contribution < 1.29 is 19.3 Å². The van der Waals surface area contributed by atoms with Gasteiger partial charge < -0.3 is 24.2 Å². The Bertz CT molecular complexity index is 1100. The SMILES string of the molecule is COC(CO[C@H]1CCN(c2ccc([C@H]3c4ccc(O)cc4CC[C@H]3c3ccccc3)cc2)C1)OC. The van der Waals surface area contributed by atoms with E-state index in [0.29, 0.717) is 18.3 Å². The smallest absolute Gasteiger partial charge is 0.180 e. The van der Waals surface area contributed by atoms with Crippen molar-refractivity contribution in [3.63, 3.8) is 0 Å². The Kier molecular flexibility index (Phi) is 7.37. The normalized spacial score (nSPS) is 21.9. The molecule has 3 aromatic rings. The molecule has 5 rings (SSSR count). The van der Waals surface area contributed by atoms with E-state index in [0.717, 1.165) is 32.4 Å². The van der Waals surface area contributed by atoms with Crippen LogP contribution < -0.4 is 4.90 Å². The molecule has 1 fully saturated rings. The van der Waals surface area contributed by atoms with Crippen molar-refractivity contribution in [2.45, 2.75) is 43.5 Å². The van der Waals surface area contributed by atoms with Crippen LogP contribution in [0.2, 0.25) is 0 Å². The summed E-state index contributed by atoms with van der Waals surface area (Å²) in [6, 6.07) is 25.8. The number of phenolic OH excluding ortho intramolecular Hbond substituents is 1. The standard InChI is InChI=1S/C30H35NO4/c1-33-29(34-2)20-35-26-16-17-31(19-26)24-11-8-22(9-12-24)30-27(21-6-4-3-5-7-21)14-10-23-18-25(32)13-15-28(23)30/h3-9,11-13,15,18,26-27,29-30,32H,10,14,16-17,19-20H2,1-2H3/t26-,27-,30+/m0/s1. The van der Waals surface area contributed by atoms with Gasteiger partial charge in [-0.1, -0.05) is 48.5 Å². The number of anilines is 1. The zero-order valence-electron chi connectivity index (χ0n) is 20.6. The van der Waals surface area contributed by atoms with E-state index in [1.165, 1.54) is 27.9 Å². The second-order valence-electron chi connectivity index (χ2n) is 9.60. The summed E-state index contributed by atoms with van der Waals surface area (Å²) in [6.07, 6.45) is 2.92. The maximum Gasteiger partial charge on any atom is 0.180 e. The van der Waals surface area contributed by atoms with Crippen LogP contribution in [0.15, 0.2) is 72.8 Å². The molecular weight excluding hydrogens is 438 g/mol. The van der Waals surface area contributed by atoms with Crippen LogP contribution in [0, 0.1) is 0 Å². The van der Waals surface area contributed by atoms with E-state index in [4.69, 9.17) is 14.2 Å². The number of phenols is 1. The van der Waals surface area contributed by atoms with Crippen molar-refractivity contribution in [3.8, 4) is 5.75 Å². The molecule has 2 aliphatic rings. The molecule has 3 atom stereocenters. The van der Waals surface area contributed by atoms with Gasteiger partial charge in [-0.15, -0.1) is 0 Å². The van der Waals surface area contributed by atoms with Gasteiger partial charge in [0.1, 0.15) is 5.75 Å². The summed E-state index contributed by atoms with van der Waals surface area (Å²) in [5.74, 6) is 1.03. The van der Waals surface area contributed by atoms with Crippen LogP contribution in [-0.4, -0.2) is 51.4 Å². The van der Waals surface area contributed by atoms with E-state index < -0.39 is 0 Å². The fourth-order valence-corrected chi connectivity index (χ4v) is 5.72. The molecule has 1 heterocycles. The van der Waals surface area contributed by atoms with Crippen molar-refractivity contribution in [1.82, 2.24) is 0 Å². The fourth-order valence-electron chi connectivity index (χ4n) is 5.72. The van der Waals surface area contributed by atoms with Crippen LogP contribution in [0.3, 0.4) is 0 Å². The number of hydrogen-bond donors (Lipinski definition) is 1. The third-order valence-electron chi connectivity index (χ3n) is 7.57. The lowest BCUT2D eigenvalue weighted by atomic mass is 9.69. The summed E-state index contributed by atoms with van der Waals surface area (Å²) in [4.78, 5) is 2.39. The average Bonchev–Trinajstić information content (AvgIpc) is 3.38. The Labute approximate surface area is 208 Å². The molecule has 1 aliphatic heterocycles. The van der Waals surface area contributed by atoms with E-state index in [2.05, 4.69) is 65.6 Å². The molecule has 0 unspecified atom stereocenters. The van der Waals surface area contributed by atoms with E-state index in [-0.39, 0.29) is 18.3 Å². The van der Waals surface area contributed by atoms with Gasteiger partial charge in [0.25, 0.3) is 0 Å². The van der Waals surface area contributed by atoms with Crippen molar-refractivity contribution >= 4 is 5.69 Å². The van der Waals surface area contributed by atoms with Crippen LogP contribution in [0.25, 0.3) is 0 Å². The number of hydrogen-bond acceptors (Lipinski definition) is 5. The van der Waals surface area contributed by atoms with Crippen LogP contribution in [-0.2, 0) is 20.6 Å². The lowest BCUT2D eigenvalue weighted by Crippen LogP contribution is -2.27. The molecule has 5 nitrogen and oxygen atoms in total. The maximum atomic E-state index is 10.1. The van der Waals surface area contributed by atoms with Gasteiger partial charge in [0.2, 0.25) is 0 Å². The molecule has 1 saturated heterocycles. The largest absolute Gasteiger partial charge is 0.508 e. The van der Waals surface area contributed by atoms with Crippen LogP contribution in [0.1, 0.15) is 46.9 Å². The van der Waals surface area contributed by atoms with Gasteiger partial charge in [-0.3, -0.25) is 0 Å². The molecule has 1 aliphatic carbocycles. The van der Waals surface area contributed by atoms with Gasteiger partial charge in [-0.05, 0) is 71.7 Å². The summed E-state index contributed by atoms with van der Waals surface area (Å²) in [7, 11) is 3.27. The van der Waals surface area contributed by atoms with Crippen LogP contribution in [0.5, 0.6) is 5.75 Å². The van der Waals surface area contributed by atoms with Crippen molar-refractivity contribution in [2.24, 2.45) is 0 Å². The highest BCUT2D eigenvalue weighted by Crippen LogP contribution is 2.47. The third-order valence-corrected chi connectivity index (χ3v) is 7.57. The Morgan fingerprint density at radius 3 is 2.43 bits per heavy atom. The minimum Gasteiger partial charge on any atom is -0.508 e. The van der Waals surface area contributed by atoms with Crippen LogP contribution >= 0.6 is 0 Å². The van der Waals surface area contributed by atoms with Gasteiger partial charge >= 0.3 is 0 Å². The lowest BCUT2D eigenvalue weighted by molar-refractivity contribution is -0.149. The van der Waals surface area contributed by atoms with Crippen molar-refractivity contribution in [2.75, 3.05) is 38.8 Å². The second-order valence-corrected chi connectivity index (χ2v) is 9.60. The first-order valence-corrected chi connectivity index (χ1v) is 12.5. The summed E-state index contributed by atoms with van der Waals surface area (Å²) in [6.45, 7) is 2.30. The molecule has 0 amide bonds. The van der Waals surface area contributed by atoms with Crippen molar-refractivity contribution in [1.29, 1.82) is 0 Å². The number of ether oxygens (including phenoxy) is 3. The summed E-state index contributed by atoms with van der Waals surface area (Å²) in [5, 5.41) is 10.1. The zero-order chi connectivity index (χ0) is 24.2. The van der Waals surface area contributed by atoms with Gasteiger partial charge in [-0.2, -0.15) is 0 Å². The highest BCUT2D eigenvalue weighted by molar-refractivity contribution is 5.53. The Morgan fingerprint density at radius 1 is 0.914 bits per heavy atom. The summed E-state index contributed by atoms with van der Waals surface area (Å²) >= 11 is 0. The number of aryl methyl sites for hydroxylation is 1. The second kappa shape index (κ2) is 10.8. The number of rotatable bonds is 8. The molecule has 35 heavy (non-hydrogen) atoms. The zero-order valence-corrected chi connectivity index (χ0v) is 20.6. The van der Waals surface area contributed by atoms with Gasteiger partial charge in [0.05, 0.1) is 12.7 Å².